The number of aliphatic carboxylic acids is 1. The highest BCUT2D eigenvalue weighted by Crippen LogP contribution is 2.38. The molecule has 0 aliphatic carbocycles. The molecule has 0 aromatic heterocycles. The molecule has 2 atom stereocenters. The van der Waals surface area contributed by atoms with E-state index < -0.39 is 5.97 Å². The van der Waals surface area contributed by atoms with Crippen LogP contribution in [-0.4, -0.2) is 40.2 Å². The third-order valence-corrected chi connectivity index (χ3v) is 5.82. The van der Waals surface area contributed by atoms with E-state index in [1.165, 1.54) is 10.5 Å². The standard InChI is InChI=1S/C17H21NO3S/c19-16(20)8-7-12-4-3-9-18(11-12)17(21)15-10-13-5-1-2-6-14(13)22-15/h1-2,5-6,12,15H,3-4,7-11H2,(H,19,20). The molecule has 1 aromatic carbocycles. The summed E-state index contributed by atoms with van der Waals surface area (Å²) in [6, 6.07) is 8.22. The normalized spacial score (nSPS) is 24.1. The van der Waals surface area contributed by atoms with Gasteiger partial charge in [-0.2, -0.15) is 0 Å². The first-order valence-corrected chi connectivity index (χ1v) is 8.76. The second kappa shape index (κ2) is 6.73. The molecule has 2 unspecified atom stereocenters. The summed E-state index contributed by atoms with van der Waals surface area (Å²) in [5.41, 5.74) is 1.27. The Balaban J connectivity index is 1.57. The van der Waals surface area contributed by atoms with E-state index >= 15 is 0 Å². The van der Waals surface area contributed by atoms with Crippen LogP contribution in [0.15, 0.2) is 29.2 Å². The van der Waals surface area contributed by atoms with Crippen molar-refractivity contribution in [1.29, 1.82) is 0 Å². The number of carbonyl (C=O) groups excluding carboxylic acids is 1. The maximum absolute atomic E-state index is 12.7. The Morgan fingerprint density at radius 3 is 2.91 bits per heavy atom. The van der Waals surface area contributed by atoms with Gasteiger partial charge in [0.15, 0.2) is 0 Å². The number of rotatable bonds is 4. The van der Waals surface area contributed by atoms with Crippen LogP contribution < -0.4 is 0 Å². The summed E-state index contributed by atoms with van der Waals surface area (Å²) < 4.78 is 0. The summed E-state index contributed by atoms with van der Waals surface area (Å²) in [5, 5.41) is 8.80. The maximum atomic E-state index is 12.7. The number of piperidine rings is 1. The highest BCUT2D eigenvalue weighted by Gasteiger charge is 2.33. The van der Waals surface area contributed by atoms with Crippen LogP contribution in [0.2, 0.25) is 0 Å². The van der Waals surface area contributed by atoms with Gasteiger partial charge in [-0.15, -0.1) is 11.8 Å². The van der Waals surface area contributed by atoms with Crippen molar-refractivity contribution in [1.82, 2.24) is 4.90 Å². The predicted octanol–water partition coefficient (Wildman–Crippen LogP) is 2.81. The van der Waals surface area contributed by atoms with Crippen LogP contribution in [0.5, 0.6) is 0 Å². The first-order chi connectivity index (χ1) is 10.6. The number of carboxylic acids is 1. The molecule has 4 nitrogen and oxygen atoms in total. The van der Waals surface area contributed by atoms with Crippen molar-refractivity contribution in [2.45, 2.75) is 42.2 Å². The number of benzene rings is 1. The molecule has 3 rings (SSSR count). The lowest BCUT2D eigenvalue weighted by Crippen LogP contribution is -2.44. The first-order valence-electron chi connectivity index (χ1n) is 7.88. The number of fused-ring (bicyclic) bond motifs is 1. The fourth-order valence-electron chi connectivity index (χ4n) is 3.35. The summed E-state index contributed by atoms with van der Waals surface area (Å²) in [6.45, 7) is 1.54. The minimum atomic E-state index is -0.745. The third-order valence-electron chi connectivity index (χ3n) is 4.52. The van der Waals surface area contributed by atoms with Crippen molar-refractivity contribution >= 4 is 23.6 Å². The summed E-state index contributed by atoms with van der Waals surface area (Å²) in [7, 11) is 0. The van der Waals surface area contributed by atoms with Gasteiger partial charge in [-0.25, -0.2) is 0 Å². The monoisotopic (exact) mass is 319 g/mol. The van der Waals surface area contributed by atoms with E-state index in [2.05, 4.69) is 12.1 Å². The topological polar surface area (TPSA) is 57.6 Å². The lowest BCUT2D eigenvalue weighted by atomic mass is 9.93. The van der Waals surface area contributed by atoms with Crippen LogP contribution in [0.3, 0.4) is 0 Å². The Bertz CT molecular complexity index is 550. The quantitative estimate of drug-likeness (QED) is 0.927. The number of likely N-dealkylation sites (tertiary alicyclic amines) is 1. The first kappa shape index (κ1) is 15.4. The van der Waals surface area contributed by atoms with Crippen LogP contribution in [-0.2, 0) is 16.0 Å². The molecule has 2 aliphatic heterocycles. The van der Waals surface area contributed by atoms with E-state index in [0.29, 0.717) is 12.3 Å². The number of thioether (sulfide) groups is 1. The Kier molecular flexibility index (Phi) is 4.71. The zero-order chi connectivity index (χ0) is 15.5. The lowest BCUT2D eigenvalue weighted by molar-refractivity contribution is -0.137. The van der Waals surface area contributed by atoms with Gasteiger partial charge in [-0.05, 0) is 43.2 Å². The smallest absolute Gasteiger partial charge is 0.303 e. The molecule has 22 heavy (non-hydrogen) atoms. The molecule has 0 saturated carbocycles. The van der Waals surface area contributed by atoms with E-state index in [4.69, 9.17) is 5.11 Å². The molecule has 2 heterocycles. The molecule has 1 aromatic rings. The molecule has 0 radical (unpaired) electrons. The van der Waals surface area contributed by atoms with Crippen LogP contribution in [0, 0.1) is 5.92 Å². The number of hydrogen-bond donors (Lipinski definition) is 1. The second-order valence-electron chi connectivity index (χ2n) is 6.14. The number of amides is 1. The van der Waals surface area contributed by atoms with Gasteiger partial charge < -0.3 is 10.0 Å². The van der Waals surface area contributed by atoms with E-state index in [-0.39, 0.29) is 17.6 Å². The zero-order valence-corrected chi connectivity index (χ0v) is 13.3. The van der Waals surface area contributed by atoms with Crippen LogP contribution in [0.4, 0.5) is 0 Å². The van der Waals surface area contributed by atoms with Crippen LogP contribution >= 0.6 is 11.8 Å². The van der Waals surface area contributed by atoms with Crippen LogP contribution in [0.1, 0.15) is 31.2 Å². The largest absolute Gasteiger partial charge is 0.481 e. The molecule has 1 amide bonds. The van der Waals surface area contributed by atoms with E-state index in [9.17, 15) is 9.59 Å². The van der Waals surface area contributed by atoms with Gasteiger partial charge in [-0.1, -0.05) is 18.2 Å². The highest BCUT2D eigenvalue weighted by atomic mass is 32.2. The van der Waals surface area contributed by atoms with Gasteiger partial charge in [0.1, 0.15) is 0 Å². The van der Waals surface area contributed by atoms with Gasteiger partial charge in [-0.3, -0.25) is 9.59 Å². The average Bonchev–Trinajstić information content (AvgIpc) is 2.96. The fraction of sp³-hybridized carbons (Fsp3) is 0.529. The molecular weight excluding hydrogens is 298 g/mol. The Morgan fingerprint density at radius 2 is 2.14 bits per heavy atom. The second-order valence-corrected chi connectivity index (χ2v) is 7.39. The van der Waals surface area contributed by atoms with Gasteiger partial charge in [0, 0.05) is 24.4 Å². The Morgan fingerprint density at radius 1 is 1.32 bits per heavy atom. The molecule has 5 heteroatoms. The minimum absolute atomic E-state index is 0.00405. The average molecular weight is 319 g/mol. The van der Waals surface area contributed by atoms with Crippen molar-refractivity contribution in [2.75, 3.05) is 13.1 Å². The number of carboxylic acid groups (broad SMARTS) is 1. The van der Waals surface area contributed by atoms with E-state index in [1.54, 1.807) is 11.8 Å². The SMILES string of the molecule is O=C(O)CCC1CCCN(C(=O)C2Cc3ccccc3S2)C1. The maximum Gasteiger partial charge on any atom is 0.303 e. The van der Waals surface area contributed by atoms with E-state index in [1.807, 2.05) is 17.0 Å². The van der Waals surface area contributed by atoms with Crippen LogP contribution in [0.25, 0.3) is 0 Å². The molecule has 1 saturated heterocycles. The van der Waals surface area contributed by atoms with Gasteiger partial charge in [0.2, 0.25) is 5.91 Å². The molecule has 1 N–H and O–H groups in total. The predicted molar refractivity (Wildman–Crippen MR) is 86.0 cm³/mol. The zero-order valence-electron chi connectivity index (χ0n) is 12.5. The van der Waals surface area contributed by atoms with Gasteiger partial charge in [0.25, 0.3) is 0 Å². The summed E-state index contributed by atoms with van der Waals surface area (Å²) >= 11 is 1.67. The number of hydrogen-bond acceptors (Lipinski definition) is 3. The Hall–Kier alpha value is -1.49. The molecule has 0 spiro atoms. The molecule has 118 valence electrons. The van der Waals surface area contributed by atoms with Crippen molar-refractivity contribution in [3.63, 3.8) is 0 Å². The fourth-order valence-corrected chi connectivity index (χ4v) is 4.63. The van der Waals surface area contributed by atoms with Crippen molar-refractivity contribution in [2.24, 2.45) is 5.92 Å². The van der Waals surface area contributed by atoms with Crippen molar-refractivity contribution < 1.29 is 14.7 Å². The molecule has 1 fully saturated rings. The molecule has 0 bridgehead atoms. The molecular formula is C17H21NO3S. The van der Waals surface area contributed by atoms with E-state index in [0.717, 1.165) is 32.4 Å². The van der Waals surface area contributed by atoms with Crippen molar-refractivity contribution in [3.05, 3.63) is 29.8 Å². The Labute approximate surface area is 134 Å². The summed E-state index contributed by atoms with van der Waals surface area (Å²) in [5.74, 6) is -0.186. The van der Waals surface area contributed by atoms with Gasteiger partial charge >= 0.3 is 5.97 Å². The highest BCUT2D eigenvalue weighted by molar-refractivity contribution is 8.01. The third kappa shape index (κ3) is 3.46. The van der Waals surface area contributed by atoms with Gasteiger partial charge in [0.05, 0.1) is 5.25 Å². The molecule has 2 aliphatic rings. The summed E-state index contributed by atoms with van der Waals surface area (Å²) in [6.07, 6.45) is 3.72. The lowest BCUT2D eigenvalue weighted by Gasteiger charge is -2.34. The number of nitrogens with zero attached hydrogens (tertiary/aromatic N) is 1. The van der Waals surface area contributed by atoms with Crippen molar-refractivity contribution in [3.8, 4) is 0 Å². The minimum Gasteiger partial charge on any atom is -0.481 e. The number of carbonyl (C=O) groups is 2. The summed E-state index contributed by atoms with van der Waals surface area (Å²) in [4.78, 5) is 26.6.